The van der Waals surface area contributed by atoms with Gasteiger partial charge in [-0.25, -0.2) is 4.98 Å². The monoisotopic (exact) mass is 495 g/mol. The van der Waals surface area contributed by atoms with Crippen molar-refractivity contribution in [3.8, 4) is 17.2 Å². The molecule has 1 amide bonds. The van der Waals surface area contributed by atoms with Crippen LogP contribution in [0.3, 0.4) is 0 Å². The highest BCUT2D eigenvalue weighted by Gasteiger charge is 2.12. The zero-order chi connectivity index (χ0) is 22.0. The van der Waals surface area contributed by atoms with Crippen LogP contribution in [0.2, 0.25) is 0 Å². The lowest BCUT2D eigenvalue weighted by Crippen LogP contribution is -2.34. The van der Waals surface area contributed by atoms with Gasteiger partial charge in [0.05, 0.1) is 11.6 Å². The molecule has 4 aromatic rings. The van der Waals surface area contributed by atoms with Crippen molar-refractivity contribution in [2.24, 2.45) is 0 Å². The number of carbonyl (C=O) groups is 1. The first kappa shape index (κ1) is 21.0. The number of methoxy groups -OCH3 is 1. The van der Waals surface area contributed by atoms with Crippen LogP contribution in [0.1, 0.15) is 15.9 Å². The zero-order valence-corrected chi connectivity index (χ0v) is 19.1. The van der Waals surface area contributed by atoms with E-state index >= 15 is 0 Å². The Hall–Kier alpha value is -3.23. The Morgan fingerprint density at radius 1 is 1.10 bits per heavy atom. The van der Waals surface area contributed by atoms with E-state index < -0.39 is 0 Å². The molecule has 31 heavy (non-hydrogen) atoms. The number of fused-ring (bicyclic) bond motifs is 1. The number of aryl methyl sites for hydroxylation is 1. The fraction of sp³-hybridized carbons (Fsp3) is 0.0870. The minimum absolute atomic E-state index is 0.196. The third-order valence-electron chi connectivity index (χ3n) is 4.57. The summed E-state index contributed by atoms with van der Waals surface area (Å²) >= 11 is 8.64. The predicted molar refractivity (Wildman–Crippen MR) is 129 cm³/mol. The largest absolute Gasteiger partial charge is 0.496 e. The first-order valence-corrected chi connectivity index (χ1v) is 10.6. The van der Waals surface area contributed by atoms with Crippen molar-refractivity contribution in [1.82, 2.24) is 10.3 Å². The van der Waals surface area contributed by atoms with Gasteiger partial charge in [0.15, 0.2) is 10.7 Å². The molecular formula is C23H18BrN3O3S. The van der Waals surface area contributed by atoms with Crippen molar-refractivity contribution in [3.05, 3.63) is 76.3 Å². The SMILES string of the molecule is COc1ccc(C(=O)NC(=S)Nc2ccc(-c3nc4ccc(C)cc4o3)cc2)cc1Br. The summed E-state index contributed by atoms with van der Waals surface area (Å²) < 4.78 is 11.7. The normalized spacial score (nSPS) is 10.7. The topological polar surface area (TPSA) is 76.4 Å². The van der Waals surface area contributed by atoms with Crippen molar-refractivity contribution in [3.63, 3.8) is 0 Å². The molecule has 0 aliphatic heterocycles. The van der Waals surface area contributed by atoms with Gasteiger partial charge in [-0.2, -0.15) is 0 Å². The van der Waals surface area contributed by atoms with E-state index in [1.54, 1.807) is 25.3 Å². The smallest absolute Gasteiger partial charge is 0.257 e. The Bertz CT molecular complexity index is 1290. The number of hydrogen-bond donors (Lipinski definition) is 2. The summed E-state index contributed by atoms with van der Waals surface area (Å²) in [6.45, 7) is 2.01. The third kappa shape index (κ3) is 4.76. The molecule has 0 bridgehead atoms. The summed E-state index contributed by atoms with van der Waals surface area (Å²) in [7, 11) is 1.56. The summed E-state index contributed by atoms with van der Waals surface area (Å²) in [5, 5.41) is 5.87. The molecule has 3 aromatic carbocycles. The standard InChI is InChI=1S/C23H18BrN3O3S/c1-13-3-9-18-20(11-13)30-22(26-18)14-4-7-16(8-5-14)25-23(31)27-21(28)15-6-10-19(29-2)17(24)12-15/h3-12H,1-2H3,(H2,25,27,28,31). The van der Waals surface area contributed by atoms with Gasteiger partial charge >= 0.3 is 0 Å². The minimum Gasteiger partial charge on any atom is -0.496 e. The number of hydrogen-bond acceptors (Lipinski definition) is 5. The average molecular weight is 496 g/mol. The summed E-state index contributed by atoms with van der Waals surface area (Å²) in [5.74, 6) is 0.874. The number of oxazole rings is 1. The number of nitrogens with one attached hydrogen (secondary N) is 2. The van der Waals surface area contributed by atoms with Crippen molar-refractivity contribution in [2.75, 3.05) is 12.4 Å². The van der Waals surface area contributed by atoms with Gasteiger partial charge in [-0.15, -0.1) is 0 Å². The Kier molecular flexibility index (Phi) is 6.01. The van der Waals surface area contributed by atoms with Gasteiger partial charge < -0.3 is 14.5 Å². The fourth-order valence-corrected chi connectivity index (χ4v) is 3.75. The molecule has 6 nitrogen and oxygen atoms in total. The second-order valence-corrected chi connectivity index (χ2v) is 8.09. The number of amides is 1. The maximum atomic E-state index is 12.4. The molecule has 0 radical (unpaired) electrons. The van der Waals surface area contributed by atoms with Gasteiger partial charge in [-0.3, -0.25) is 10.1 Å². The molecule has 1 aromatic heterocycles. The van der Waals surface area contributed by atoms with Gasteiger partial charge in [0.2, 0.25) is 5.89 Å². The number of benzene rings is 3. The van der Waals surface area contributed by atoms with Crippen LogP contribution in [0.5, 0.6) is 5.75 Å². The van der Waals surface area contributed by atoms with E-state index in [4.69, 9.17) is 21.4 Å². The molecule has 0 unspecified atom stereocenters. The first-order chi connectivity index (χ1) is 14.9. The third-order valence-corrected chi connectivity index (χ3v) is 5.40. The summed E-state index contributed by atoms with van der Waals surface area (Å²) in [5.41, 5.74) is 4.73. The van der Waals surface area contributed by atoms with Crippen LogP contribution in [0.4, 0.5) is 5.69 Å². The lowest BCUT2D eigenvalue weighted by atomic mass is 10.2. The van der Waals surface area contributed by atoms with Gasteiger partial charge in [0, 0.05) is 16.8 Å². The van der Waals surface area contributed by atoms with Crippen molar-refractivity contribution in [2.45, 2.75) is 6.92 Å². The molecular weight excluding hydrogens is 478 g/mol. The van der Waals surface area contributed by atoms with Crippen molar-refractivity contribution < 1.29 is 13.9 Å². The highest BCUT2D eigenvalue weighted by molar-refractivity contribution is 9.10. The molecule has 0 atom stereocenters. The molecule has 2 N–H and O–H groups in total. The number of rotatable bonds is 4. The Labute approximate surface area is 192 Å². The average Bonchev–Trinajstić information content (AvgIpc) is 3.17. The number of halogens is 1. The van der Waals surface area contributed by atoms with Gasteiger partial charge in [-0.1, -0.05) is 6.07 Å². The second-order valence-electron chi connectivity index (χ2n) is 6.83. The summed E-state index contributed by atoms with van der Waals surface area (Å²) in [6.07, 6.45) is 0. The van der Waals surface area contributed by atoms with Crippen LogP contribution < -0.4 is 15.4 Å². The van der Waals surface area contributed by atoms with Crippen LogP contribution in [-0.2, 0) is 0 Å². The van der Waals surface area contributed by atoms with Crippen LogP contribution in [0.25, 0.3) is 22.6 Å². The maximum absolute atomic E-state index is 12.4. The number of ether oxygens (including phenoxy) is 1. The molecule has 0 spiro atoms. The van der Waals surface area contributed by atoms with E-state index in [9.17, 15) is 4.79 Å². The molecule has 0 fully saturated rings. The van der Waals surface area contributed by atoms with Crippen molar-refractivity contribution in [1.29, 1.82) is 0 Å². The molecule has 0 saturated carbocycles. The number of nitrogens with zero attached hydrogens (tertiary/aromatic N) is 1. The number of anilines is 1. The van der Waals surface area contributed by atoms with E-state index in [1.807, 2.05) is 49.4 Å². The lowest BCUT2D eigenvalue weighted by molar-refractivity contribution is 0.0977. The second kappa shape index (κ2) is 8.87. The maximum Gasteiger partial charge on any atom is 0.257 e. The quantitative estimate of drug-likeness (QED) is 0.353. The molecule has 4 rings (SSSR count). The highest BCUT2D eigenvalue weighted by Crippen LogP contribution is 2.27. The predicted octanol–water partition coefficient (Wildman–Crippen LogP) is 5.70. The molecule has 0 aliphatic rings. The molecule has 0 saturated heterocycles. The van der Waals surface area contributed by atoms with E-state index in [-0.39, 0.29) is 11.0 Å². The van der Waals surface area contributed by atoms with E-state index in [0.717, 1.165) is 27.9 Å². The highest BCUT2D eigenvalue weighted by atomic mass is 79.9. The first-order valence-electron chi connectivity index (χ1n) is 9.36. The Morgan fingerprint density at radius 2 is 1.87 bits per heavy atom. The number of thiocarbonyl (C=S) groups is 1. The van der Waals surface area contributed by atoms with E-state index in [1.165, 1.54) is 0 Å². The van der Waals surface area contributed by atoms with Crippen LogP contribution in [0, 0.1) is 6.92 Å². The van der Waals surface area contributed by atoms with E-state index in [0.29, 0.717) is 21.7 Å². The van der Waals surface area contributed by atoms with Gasteiger partial charge in [0.1, 0.15) is 11.3 Å². The van der Waals surface area contributed by atoms with Gasteiger partial charge in [0.25, 0.3) is 5.91 Å². The summed E-state index contributed by atoms with van der Waals surface area (Å²) in [4.78, 5) is 16.9. The Balaban J connectivity index is 1.41. The lowest BCUT2D eigenvalue weighted by Gasteiger charge is -2.11. The number of carbonyl (C=O) groups excluding carboxylic acids is 1. The Morgan fingerprint density at radius 3 is 2.58 bits per heavy atom. The fourth-order valence-electron chi connectivity index (χ4n) is 3.00. The van der Waals surface area contributed by atoms with Crippen LogP contribution >= 0.6 is 28.1 Å². The zero-order valence-electron chi connectivity index (χ0n) is 16.7. The van der Waals surface area contributed by atoms with Crippen LogP contribution in [-0.4, -0.2) is 23.1 Å². The van der Waals surface area contributed by atoms with Gasteiger partial charge in [-0.05, 0) is 95.2 Å². The number of aromatic nitrogens is 1. The van der Waals surface area contributed by atoms with E-state index in [2.05, 4.69) is 31.5 Å². The minimum atomic E-state index is -0.320. The molecule has 0 aliphatic carbocycles. The molecule has 156 valence electrons. The van der Waals surface area contributed by atoms with Crippen LogP contribution in [0.15, 0.2) is 69.6 Å². The summed E-state index contributed by atoms with van der Waals surface area (Å²) in [6, 6.07) is 18.4. The molecule has 1 heterocycles. The van der Waals surface area contributed by atoms with Crippen molar-refractivity contribution >= 4 is 56.0 Å². The molecule has 8 heteroatoms.